The van der Waals surface area contributed by atoms with E-state index in [1.807, 2.05) is 41.4 Å². The standard InChI is InChI=1S/C23H19ClN2O4/c1-12(27)20-18-19(21-15-6-4-3-5-13(15)9-10-25(20)21)23(29)26(22(18)28)16-11-14(24)7-8-17(16)30-2/h3-11,18-21H,1-2H3/t18-,19+,20-,21?/m1/s1. The lowest BCUT2D eigenvalue weighted by atomic mass is 9.84. The van der Waals surface area contributed by atoms with Gasteiger partial charge >= 0.3 is 0 Å². The van der Waals surface area contributed by atoms with Gasteiger partial charge in [0, 0.05) is 11.2 Å². The number of ether oxygens (including phenoxy) is 1. The number of hydrogen-bond acceptors (Lipinski definition) is 5. The zero-order valence-electron chi connectivity index (χ0n) is 16.4. The smallest absolute Gasteiger partial charge is 0.240 e. The van der Waals surface area contributed by atoms with Crippen LogP contribution in [0.5, 0.6) is 5.75 Å². The van der Waals surface area contributed by atoms with Crippen molar-refractivity contribution >= 4 is 41.0 Å². The molecule has 0 aromatic heterocycles. The highest BCUT2D eigenvalue weighted by Crippen LogP contribution is 2.54. The molecule has 2 aromatic rings. The first-order valence-electron chi connectivity index (χ1n) is 9.70. The number of halogens is 1. The maximum Gasteiger partial charge on any atom is 0.240 e. The first kappa shape index (κ1) is 18.9. The number of methoxy groups -OCH3 is 1. The van der Waals surface area contributed by atoms with Crippen molar-refractivity contribution in [1.82, 2.24) is 4.90 Å². The molecule has 3 heterocycles. The SMILES string of the molecule is COc1ccc(Cl)cc1N1C(=O)[C@@H]2[C@H](C1=O)C1c3ccccc3C=CN1[C@@H]2C(C)=O. The van der Waals surface area contributed by atoms with Crippen molar-refractivity contribution in [3.8, 4) is 5.75 Å². The summed E-state index contributed by atoms with van der Waals surface area (Å²) in [6.45, 7) is 1.47. The topological polar surface area (TPSA) is 66.9 Å². The van der Waals surface area contributed by atoms with Crippen LogP contribution in [0.15, 0.2) is 48.7 Å². The molecule has 2 saturated heterocycles. The Morgan fingerprint density at radius 3 is 2.53 bits per heavy atom. The molecule has 2 fully saturated rings. The maximum absolute atomic E-state index is 13.7. The van der Waals surface area contributed by atoms with Gasteiger partial charge in [-0.15, -0.1) is 0 Å². The summed E-state index contributed by atoms with van der Waals surface area (Å²) < 4.78 is 5.38. The summed E-state index contributed by atoms with van der Waals surface area (Å²) in [4.78, 5) is 42.9. The average Bonchev–Trinajstić information content (AvgIpc) is 3.21. The predicted molar refractivity (Wildman–Crippen MR) is 112 cm³/mol. The summed E-state index contributed by atoms with van der Waals surface area (Å²) in [5.41, 5.74) is 2.24. The molecule has 5 rings (SSSR count). The fraction of sp³-hybridized carbons (Fsp3) is 0.261. The zero-order chi connectivity index (χ0) is 21.2. The Morgan fingerprint density at radius 2 is 1.80 bits per heavy atom. The fourth-order valence-electron chi connectivity index (χ4n) is 5.10. The van der Waals surface area contributed by atoms with Gasteiger partial charge in [-0.2, -0.15) is 0 Å². The lowest BCUT2D eigenvalue weighted by Crippen LogP contribution is -2.43. The molecule has 0 radical (unpaired) electrons. The number of ketones is 1. The maximum atomic E-state index is 13.7. The molecule has 6 nitrogen and oxygen atoms in total. The monoisotopic (exact) mass is 422 g/mol. The van der Waals surface area contributed by atoms with Crippen LogP contribution in [0.1, 0.15) is 24.1 Å². The van der Waals surface area contributed by atoms with Gasteiger partial charge in [0.1, 0.15) is 5.75 Å². The van der Waals surface area contributed by atoms with Crippen molar-refractivity contribution in [2.75, 3.05) is 12.0 Å². The highest BCUT2D eigenvalue weighted by Gasteiger charge is 2.64. The molecule has 0 saturated carbocycles. The number of imide groups is 1. The van der Waals surface area contributed by atoms with E-state index < -0.39 is 23.8 Å². The summed E-state index contributed by atoms with van der Waals surface area (Å²) in [5.74, 6) is -1.93. The van der Waals surface area contributed by atoms with Gasteiger partial charge in [-0.3, -0.25) is 14.4 Å². The second-order valence-corrected chi connectivity index (χ2v) is 8.21. The number of carbonyl (C=O) groups is 3. The van der Waals surface area contributed by atoms with Crippen molar-refractivity contribution in [2.45, 2.75) is 19.0 Å². The Hall–Kier alpha value is -3.12. The van der Waals surface area contributed by atoms with E-state index in [9.17, 15) is 14.4 Å². The number of Topliss-reactive ketones (excluding diaryl/α,β-unsaturated/α-hetero) is 1. The lowest BCUT2D eigenvalue weighted by molar-refractivity contribution is -0.129. The molecule has 0 aliphatic carbocycles. The van der Waals surface area contributed by atoms with Gasteiger partial charge in [0.25, 0.3) is 0 Å². The van der Waals surface area contributed by atoms with E-state index in [0.29, 0.717) is 16.5 Å². The van der Waals surface area contributed by atoms with Gasteiger partial charge in [-0.25, -0.2) is 4.90 Å². The Labute approximate surface area is 178 Å². The second kappa shape index (κ2) is 6.71. The Kier molecular flexibility index (Phi) is 4.22. The number of amides is 2. The first-order valence-corrected chi connectivity index (χ1v) is 10.1. The number of hydrogen-bond donors (Lipinski definition) is 0. The molecular weight excluding hydrogens is 404 g/mol. The van der Waals surface area contributed by atoms with Gasteiger partial charge in [0.2, 0.25) is 11.8 Å². The normalized spacial score (nSPS) is 26.5. The van der Waals surface area contributed by atoms with Crippen LogP contribution in [0.4, 0.5) is 5.69 Å². The Morgan fingerprint density at radius 1 is 1.07 bits per heavy atom. The molecule has 0 N–H and O–H groups in total. The van der Waals surface area contributed by atoms with E-state index >= 15 is 0 Å². The van der Waals surface area contributed by atoms with Crippen LogP contribution in [0, 0.1) is 11.8 Å². The minimum absolute atomic E-state index is 0.141. The molecule has 7 heteroatoms. The molecule has 30 heavy (non-hydrogen) atoms. The van der Waals surface area contributed by atoms with Crippen molar-refractivity contribution < 1.29 is 19.1 Å². The number of carbonyl (C=O) groups excluding carboxylic acids is 3. The molecule has 3 aliphatic rings. The molecule has 0 spiro atoms. The van der Waals surface area contributed by atoms with E-state index in [0.717, 1.165) is 16.0 Å². The van der Waals surface area contributed by atoms with Crippen LogP contribution in [0.3, 0.4) is 0 Å². The quantitative estimate of drug-likeness (QED) is 0.709. The Balaban J connectivity index is 1.67. The molecule has 2 aromatic carbocycles. The van der Waals surface area contributed by atoms with Crippen LogP contribution in [-0.2, 0) is 14.4 Å². The minimum atomic E-state index is -0.764. The van der Waals surface area contributed by atoms with Crippen LogP contribution >= 0.6 is 11.6 Å². The van der Waals surface area contributed by atoms with Gasteiger partial charge in [0.15, 0.2) is 5.78 Å². The summed E-state index contributed by atoms with van der Waals surface area (Å²) in [6.07, 6.45) is 3.76. The largest absolute Gasteiger partial charge is 0.495 e. The second-order valence-electron chi connectivity index (χ2n) is 7.77. The third-order valence-corrected chi connectivity index (χ3v) is 6.49. The van der Waals surface area contributed by atoms with Crippen LogP contribution < -0.4 is 9.64 Å². The molecule has 1 unspecified atom stereocenters. The molecule has 4 atom stereocenters. The summed E-state index contributed by atoms with van der Waals surface area (Å²) >= 11 is 6.15. The van der Waals surface area contributed by atoms with Gasteiger partial charge in [-0.1, -0.05) is 35.9 Å². The third-order valence-electron chi connectivity index (χ3n) is 6.26. The molecular formula is C23H19ClN2O4. The number of nitrogens with zero attached hydrogens (tertiary/aromatic N) is 2. The van der Waals surface area contributed by atoms with E-state index in [-0.39, 0.29) is 17.7 Å². The van der Waals surface area contributed by atoms with E-state index in [2.05, 4.69) is 0 Å². The summed E-state index contributed by atoms with van der Waals surface area (Å²) in [6, 6.07) is 11.5. The van der Waals surface area contributed by atoms with Crippen molar-refractivity contribution in [3.05, 3.63) is 64.8 Å². The molecule has 3 aliphatic heterocycles. The van der Waals surface area contributed by atoms with Crippen molar-refractivity contribution in [3.63, 3.8) is 0 Å². The first-order chi connectivity index (χ1) is 14.4. The number of fused-ring (bicyclic) bond motifs is 5. The zero-order valence-corrected chi connectivity index (χ0v) is 17.2. The average molecular weight is 423 g/mol. The highest BCUT2D eigenvalue weighted by atomic mass is 35.5. The minimum Gasteiger partial charge on any atom is -0.495 e. The van der Waals surface area contributed by atoms with E-state index in [4.69, 9.17) is 16.3 Å². The van der Waals surface area contributed by atoms with E-state index in [1.165, 1.54) is 14.0 Å². The summed E-state index contributed by atoms with van der Waals surface area (Å²) in [7, 11) is 1.47. The number of benzene rings is 2. The number of rotatable bonds is 3. The Bertz CT molecular complexity index is 1130. The van der Waals surface area contributed by atoms with Gasteiger partial charge in [0.05, 0.1) is 36.7 Å². The van der Waals surface area contributed by atoms with Crippen LogP contribution in [-0.4, -0.2) is 35.6 Å². The molecule has 152 valence electrons. The molecule has 2 amide bonds. The van der Waals surface area contributed by atoms with Crippen molar-refractivity contribution in [2.24, 2.45) is 11.8 Å². The van der Waals surface area contributed by atoms with E-state index in [1.54, 1.807) is 18.2 Å². The van der Waals surface area contributed by atoms with Crippen molar-refractivity contribution in [1.29, 1.82) is 0 Å². The fourth-order valence-corrected chi connectivity index (χ4v) is 5.26. The predicted octanol–water partition coefficient (Wildman–Crippen LogP) is 3.45. The van der Waals surface area contributed by atoms with Gasteiger partial charge < -0.3 is 9.64 Å². The molecule has 0 bridgehead atoms. The lowest BCUT2D eigenvalue weighted by Gasteiger charge is -2.35. The van der Waals surface area contributed by atoms with Crippen LogP contribution in [0.25, 0.3) is 6.08 Å². The van der Waals surface area contributed by atoms with Gasteiger partial charge in [-0.05, 0) is 42.3 Å². The number of anilines is 1. The summed E-state index contributed by atoms with van der Waals surface area (Å²) in [5, 5.41) is 0.388. The highest BCUT2D eigenvalue weighted by molar-refractivity contribution is 6.31. The third kappa shape index (κ3) is 2.46. The van der Waals surface area contributed by atoms with Crippen LogP contribution in [0.2, 0.25) is 5.02 Å².